The second-order valence-corrected chi connectivity index (χ2v) is 4.88. The smallest absolute Gasteiger partial charge is 0.148 e. The Morgan fingerprint density at radius 2 is 2.33 bits per heavy atom. The molecule has 62 valence electrons. The molecule has 5 heteroatoms. The molecule has 2 heterocycles. The third kappa shape index (κ3) is 1.83. The fourth-order valence-electron chi connectivity index (χ4n) is 0.867. The molecule has 2 rings (SSSR count). The van der Waals surface area contributed by atoms with Crippen molar-refractivity contribution in [2.24, 2.45) is 0 Å². The molecule has 0 aliphatic carbocycles. The van der Waals surface area contributed by atoms with Crippen molar-refractivity contribution in [2.45, 2.75) is 6.42 Å². The third-order valence-electron chi connectivity index (χ3n) is 1.35. The zero-order valence-electron chi connectivity index (χ0n) is 6.03. The maximum Gasteiger partial charge on any atom is 0.207 e. The molecule has 0 aliphatic rings. The summed E-state index contributed by atoms with van der Waals surface area (Å²) in [6, 6.07) is 4.11. The summed E-state index contributed by atoms with van der Waals surface area (Å²) >= 11 is 8.81. The Bertz CT molecular complexity index is 355. The highest BCUT2D eigenvalue weighted by atomic mass is 35.5. The van der Waals surface area contributed by atoms with Crippen LogP contribution in [0.5, 0.6) is 0 Å². The molecule has 2 nitrogen and oxygen atoms in total. The summed E-state index contributed by atoms with van der Waals surface area (Å²) in [5.74, 6) is 0. The molecule has 0 aliphatic heterocycles. The highest BCUT2D eigenvalue weighted by Crippen LogP contribution is 2.20. The van der Waals surface area contributed by atoms with Crippen LogP contribution in [0.25, 0.3) is 0 Å². The first-order valence-electron chi connectivity index (χ1n) is 3.35. The van der Waals surface area contributed by atoms with Crippen molar-refractivity contribution < 1.29 is 0 Å². The van der Waals surface area contributed by atoms with Gasteiger partial charge in [-0.15, -0.1) is 21.5 Å². The van der Waals surface area contributed by atoms with Crippen molar-refractivity contribution in [2.75, 3.05) is 0 Å². The highest BCUT2D eigenvalue weighted by Gasteiger charge is 2.02. The third-order valence-corrected chi connectivity index (χ3v) is 3.24. The number of hydrogen-bond acceptors (Lipinski definition) is 4. The van der Waals surface area contributed by atoms with Crippen LogP contribution in [0.1, 0.15) is 9.88 Å². The largest absolute Gasteiger partial charge is 0.207 e. The van der Waals surface area contributed by atoms with Crippen LogP contribution in [0.15, 0.2) is 17.5 Å². The molecule has 0 N–H and O–H groups in total. The van der Waals surface area contributed by atoms with Crippen LogP contribution in [0.3, 0.4) is 0 Å². The minimum Gasteiger partial charge on any atom is -0.148 e. The van der Waals surface area contributed by atoms with Crippen LogP contribution in [0, 0.1) is 0 Å². The SMILES string of the molecule is Clc1nnc(Cc2cccs2)s1. The molecular formula is C7H5ClN2S2. The Morgan fingerprint density at radius 1 is 1.42 bits per heavy atom. The lowest BCUT2D eigenvalue weighted by molar-refractivity contribution is 1.01. The van der Waals surface area contributed by atoms with Crippen molar-refractivity contribution in [3.8, 4) is 0 Å². The summed E-state index contributed by atoms with van der Waals surface area (Å²) in [5.41, 5.74) is 0. The van der Waals surface area contributed by atoms with E-state index in [1.54, 1.807) is 11.3 Å². The first-order chi connectivity index (χ1) is 5.84. The fraction of sp³-hybridized carbons (Fsp3) is 0.143. The average Bonchev–Trinajstić information content (AvgIpc) is 2.63. The summed E-state index contributed by atoms with van der Waals surface area (Å²) < 4.78 is 0.515. The maximum atomic E-state index is 5.65. The minimum absolute atomic E-state index is 0.515. The molecule has 0 radical (unpaired) electrons. The van der Waals surface area contributed by atoms with Gasteiger partial charge in [-0.3, -0.25) is 0 Å². The van der Waals surface area contributed by atoms with Gasteiger partial charge in [0.2, 0.25) is 4.47 Å². The van der Waals surface area contributed by atoms with Crippen LogP contribution in [0.4, 0.5) is 0 Å². The van der Waals surface area contributed by atoms with E-state index < -0.39 is 0 Å². The van der Waals surface area contributed by atoms with E-state index in [0.717, 1.165) is 11.4 Å². The van der Waals surface area contributed by atoms with Gasteiger partial charge in [0, 0.05) is 11.3 Å². The average molecular weight is 217 g/mol. The van der Waals surface area contributed by atoms with E-state index >= 15 is 0 Å². The molecule has 2 aromatic heterocycles. The normalized spacial score (nSPS) is 10.4. The Morgan fingerprint density at radius 3 is 2.92 bits per heavy atom. The summed E-state index contributed by atoms with van der Waals surface area (Å²) in [4.78, 5) is 1.29. The fourth-order valence-corrected chi connectivity index (χ4v) is 2.56. The van der Waals surface area contributed by atoms with Crippen molar-refractivity contribution in [1.82, 2.24) is 10.2 Å². The molecule has 0 unspecified atom stereocenters. The van der Waals surface area contributed by atoms with Gasteiger partial charge in [-0.05, 0) is 23.0 Å². The summed E-state index contributed by atoms with van der Waals surface area (Å²) in [6.07, 6.45) is 0.849. The number of aromatic nitrogens is 2. The zero-order valence-corrected chi connectivity index (χ0v) is 8.42. The standard InChI is InChI=1S/C7H5ClN2S2/c8-7-10-9-6(12-7)4-5-2-1-3-11-5/h1-3H,4H2. The molecule has 0 atom stereocenters. The molecule has 2 aromatic rings. The van der Waals surface area contributed by atoms with Gasteiger partial charge in [0.15, 0.2) is 0 Å². The lowest BCUT2D eigenvalue weighted by Gasteiger charge is -1.87. The molecule has 0 bridgehead atoms. The van der Waals surface area contributed by atoms with E-state index in [1.807, 2.05) is 6.07 Å². The predicted octanol–water partition coefficient (Wildman–Crippen LogP) is 2.84. The molecule has 12 heavy (non-hydrogen) atoms. The number of rotatable bonds is 2. The Hall–Kier alpha value is -0.450. The highest BCUT2D eigenvalue weighted by molar-refractivity contribution is 7.15. The number of thiophene rings is 1. The number of nitrogens with zero attached hydrogens (tertiary/aromatic N) is 2. The van der Waals surface area contributed by atoms with Gasteiger partial charge in [-0.2, -0.15) is 0 Å². The van der Waals surface area contributed by atoms with Gasteiger partial charge in [0.05, 0.1) is 0 Å². The summed E-state index contributed by atoms with van der Waals surface area (Å²) in [5, 5.41) is 10.7. The Balaban J connectivity index is 2.14. The van der Waals surface area contributed by atoms with E-state index in [2.05, 4.69) is 21.6 Å². The monoisotopic (exact) mass is 216 g/mol. The van der Waals surface area contributed by atoms with Gasteiger partial charge in [0.1, 0.15) is 5.01 Å². The Kier molecular flexibility index (Phi) is 2.39. The molecule has 0 aromatic carbocycles. The molecule has 0 amide bonds. The molecule has 0 saturated heterocycles. The minimum atomic E-state index is 0.515. The van der Waals surface area contributed by atoms with Crippen LogP contribution in [-0.2, 0) is 6.42 Å². The van der Waals surface area contributed by atoms with Crippen molar-refractivity contribution in [3.63, 3.8) is 0 Å². The summed E-state index contributed by atoms with van der Waals surface area (Å²) in [7, 11) is 0. The lowest BCUT2D eigenvalue weighted by atomic mass is 10.4. The maximum absolute atomic E-state index is 5.65. The molecule has 0 spiro atoms. The van der Waals surface area contributed by atoms with E-state index in [9.17, 15) is 0 Å². The Labute approximate surface area is 82.8 Å². The number of hydrogen-bond donors (Lipinski definition) is 0. The molecule has 0 fully saturated rings. The number of halogens is 1. The van der Waals surface area contributed by atoms with Crippen LogP contribution in [-0.4, -0.2) is 10.2 Å². The van der Waals surface area contributed by atoms with E-state index in [-0.39, 0.29) is 0 Å². The zero-order chi connectivity index (χ0) is 8.39. The van der Waals surface area contributed by atoms with E-state index in [0.29, 0.717) is 4.47 Å². The quantitative estimate of drug-likeness (QED) is 0.772. The first kappa shape index (κ1) is 8.16. The summed E-state index contributed by atoms with van der Waals surface area (Å²) in [6.45, 7) is 0. The molecular weight excluding hydrogens is 212 g/mol. The predicted molar refractivity (Wildman–Crippen MR) is 52.0 cm³/mol. The van der Waals surface area contributed by atoms with E-state index in [1.165, 1.54) is 16.2 Å². The topological polar surface area (TPSA) is 25.8 Å². The van der Waals surface area contributed by atoms with Crippen molar-refractivity contribution in [3.05, 3.63) is 31.9 Å². The van der Waals surface area contributed by atoms with Crippen LogP contribution < -0.4 is 0 Å². The van der Waals surface area contributed by atoms with Crippen LogP contribution >= 0.6 is 34.3 Å². The van der Waals surface area contributed by atoms with Crippen molar-refractivity contribution in [1.29, 1.82) is 0 Å². The lowest BCUT2D eigenvalue weighted by Crippen LogP contribution is -1.81. The van der Waals surface area contributed by atoms with Gasteiger partial charge < -0.3 is 0 Å². The van der Waals surface area contributed by atoms with Crippen LogP contribution in [0.2, 0.25) is 4.47 Å². The van der Waals surface area contributed by atoms with Gasteiger partial charge in [-0.25, -0.2) is 0 Å². The van der Waals surface area contributed by atoms with E-state index in [4.69, 9.17) is 11.6 Å². The van der Waals surface area contributed by atoms with Gasteiger partial charge >= 0.3 is 0 Å². The second-order valence-electron chi connectivity index (χ2n) is 2.20. The first-order valence-corrected chi connectivity index (χ1v) is 5.42. The van der Waals surface area contributed by atoms with Crippen molar-refractivity contribution >= 4 is 34.3 Å². The second kappa shape index (κ2) is 3.51. The van der Waals surface area contributed by atoms with Gasteiger partial charge in [-0.1, -0.05) is 17.4 Å². The molecule has 0 saturated carbocycles. The van der Waals surface area contributed by atoms with Gasteiger partial charge in [0.25, 0.3) is 0 Å².